The summed E-state index contributed by atoms with van der Waals surface area (Å²) >= 11 is 12.6. The molecule has 0 unspecified atom stereocenters. The third kappa shape index (κ3) is 7.11. The van der Waals surface area contributed by atoms with Crippen LogP contribution in [-0.4, -0.2) is 40.7 Å². The minimum absolute atomic E-state index is 0.116. The zero-order chi connectivity index (χ0) is 30.9. The van der Waals surface area contributed by atoms with Gasteiger partial charge in [-0.1, -0.05) is 98.6 Å². The average Bonchev–Trinajstić information content (AvgIpc) is 3.30. The maximum atomic E-state index is 12.5. The molecule has 0 fully saturated rings. The summed E-state index contributed by atoms with van der Waals surface area (Å²) in [6.45, 7) is 6.85. The largest absolute Gasteiger partial charge is 0.351 e. The predicted octanol–water partition coefficient (Wildman–Crippen LogP) is 7.64. The molecule has 0 saturated carbocycles. The Balaban J connectivity index is 1.50. The molecule has 1 amide bonds. The van der Waals surface area contributed by atoms with Gasteiger partial charge in [-0.25, -0.2) is 4.98 Å². The molecule has 0 aliphatic carbocycles. The molecule has 0 radical (unpaired) electrons. The van der Waals surface area contributed by atoms with E-state index in [9.17, 15) is 13.2 Å². The minimum atomic E-state index is -4.15. The van der Waals surface area contributed by atoms with Crippen molar-refractivity contribution in [1.29, 1.82) is 0 Å². The van der Waals surface area contributed by atoms with Gasteiger partial charge in [-0.15, -0.1) is 0 Å². The highest BCUT2D eigenvalue weighted by molar-refractivity contribution is 7.85. The first-order chi connectivity index (χ1) is 20.3. The third-order valence-electron chi connectivity index (χ3n) is 7.17. The second-order valence-corrected chi connectivity index (χ2v) is 13.8. The number of rotatable bonds is 8. The van der Waals surface area contributed by atoms with Crippen LogP contribution in [0.3, 0.4) is 0 Å². The molecule has 4 aromatic carbocycles. The fourth-order valence-corrected chi connectivity index (χ4v) is 5.87. The highest BCUT2D eigenvalue weighted by Gasteiger charge is 2.22. The SMILES string of the molecule is CC(C)(C)c1cccc2c1nc(-c1ccc(-c3ccc(Cl)cc3Cl)cc1)n2Cc1ccc(C(=O)NCCS(=O)(=O)O)cc1. The van der Waals surface area contributed by atoms with E-state index < -0.39 is 21.8 Å². The van der Waals surface area contributed by atoms with E-state index in [0.29, 0.717) is 22.2 Å². The van der Waals surface area contributed by atoms with Crippen LogP contribution in [0.15, 0.2) is 84.9 Å². The Morgan fingerprint density at radius 1 is 0.930 bits per heavy atom. The quantitative estimate of drug-likeness (QED) is 0.171. The average molecular weight is 637 g/mol. The van der Waals surface area contributed by atoms with Crippen molar-refractivity contribution in [2.45, 2.75) is 32.7 Å². The number of hydrogen-bond acceptors (Lipinski definition) is 4. The molecule has 0 aliphatic rings. The summed E-state index contributed by atoms with van der Waals surface area (Å²) in [7, 11) is -4.15. The van der Waals surface area contributed by atoms with Gasteiger partial charge < -0.3 is 9.88 Å². The van der Waals surface area contributed by atoms with E-state index >= 15 is 0 Å². The van der Waals surface area contributed by atoms with Gasteiger partial charge in [0, 0.05) is 39.8 Å². The first kappa shape index (κ1) is 30.8. The van der Waals surface area contributed by atoms with Crippen LogP contribution in [0, 0.1) is 0 Å². The van der Waals surface area contributed by atoms with Gasteiger partial charge in [0.2, 0.25) is 0 Å². The Kier molecular flexibility index (Phi) is 8.68. The lowest BCUT2D eigenvalue weighted by Gasteiger charge is -2.19. The van der Waals surface area contributed by atoms with Crippen molar-refractivity contribution in [2.24, 2.45) is 0 Å². The molecule has 5 aromatic rings. The molecule has 0 aliphatic heterocycles. The molecule has 0 bridgehead atoms. The molecule has 43 heavy (non-hydrogen) atoms. The van der Waals surface area contributed by atoms with E-state index in [1.54, 1.807) is 18.2 Å². The molecule has 1 aromatic heterocycles. The number of amides is 1. The maximum absolute atomic E-state index is 12.5. The van der Waals surface area contributed by atoms with Crippen molar-refractivity contribution < 1.29 is 17.8 Å². The van der Waals surface area contributed by atoms with Crippen molar-refractivity contribution in [3.05, 3.63) is 112 Å². The summed E-state index contributed by atoms with van der Waals surface area (Å²) in [4.78, 5) is 17.6. The van der Waals surface area contributed by atoms with Gasteiger partial charge in [-0.3, -0.25) is 9.35 Å². The monoisotopic (exact) mass is 635 g/mol. The first-order valence-electron chi connectivity index (χ1n) is 13.7. The molecule has 0 spiro atoms. The number of aromatic nitrogens is 2. The summed E-state index contributed by atoms with van der Waals surface area (Å²) in [6.07, 6.45) is 0. The zero-order valence-electron chi connectivity index (χ0n) is 23.9. The van der Waals surface area contributed by atoms with E-state index in [-0.39, 0.29) is 12.0 Å². The normalized spacial score (nSPS) is 12.0. The van der Waals surface area contributed by atoms with E-state index in [0.717, 1.165) is 44.7 Å². The number of fused-ring (bicyclic) bond motifs is 1. The fourth-order valence-electron chi connectivity index (χ4n) is 4.99. The Labute approximate surface area is 261 Å². The Bertz CT molecular complexity index is 1910. The molecular weight excluding hydrogens is 605 g/mol. The van der Waals surface area contributed by atoms with Crippen molar-refractivity contribution >= 4 is 50.3 Å². The summed E-state index contributed by atoms with van der Waals surface area (Å²) in [5, 5.41) is 3.67. The van der Waals surface area contributed by atoms with Gasteiger partial charge >= 0.3 is 0 Å². The number of nitrogens with zero attached hydrogens (tertiary/aromatic N) is 2. The van der Waals surface area contributed by atoms with Crippen LogP contribution in [0.4, 0.5) is 0 Å². The second kappa shape index (κ2) is 12.1. The molecule has 5 rings (SSSR count). The fraction of sp³-hybridized carbons (Fsp3) is 0.212. The van der Waals surface area contributed by atoms with Crippen LogP contribution in [0.2, 0.25) is 10.0 Å². The van der Waals surface area contributed by atoms with Gasteiger partial charge in [0.25, 0.3) is 16.0 Å². The van der Waals surface area contributed by atoms with Gasteiger partial charge in [0.05, 0.1) is 16.8 Å². The van der Waals surface area contributed by atoms with E-state index in [4.69, 9.17) is 32.7 Å². The lowest BCUT2D eigenvalue weighted by atomic mass is 9.86. The molecular formula is C33H31Cl2N3O4S. The van der Waals surface area contributed by atoms with Gasteiger partial charge in [0.1, 0.15) is 5.82 Å². The van der Waals surface area contributed by atoms with Crippen molar-refractivity contribution in [2.75, 3.05) is 12.3 Å². The number of hydrogen-bond donors (Lipinski definition) is 2. The van der Waals surface area contributed by atoms with Crippen LogP contribution in [0.1, 0.15) is 42.3 Å². The lowest BCUT2D eigenvalue weighted by molar-refractivity contribution is 0.0956. The summed E-state index contributed by atoms with van der Waals surface area (Å²) in [6, 6.07) is 26.9. The number of imidazole rings is 1. The standard InChI is InChI=1S/C33H31Cl2N3O4S/c1-33(2,3)27-5-4-6-29-30(27)37-31(23-13-11-22(12-14-23)26-16-15-25(34)19-28(26)35)38(29)20-21-7-9-24(10-8-21)32(39)36-17-18-43(40,41)42/h4-16,19H,17-18,20H2,1-3H3,(H,36,39)(H,40,41,42). The highest BCUT2D eigenvalue weighted by atomic mass is 35.5. The van der Waals surface area contributed by atoms with E-state index in [1.165, 1.54) is 0 Å². The second-order valence-electron chi connectivity index (χ2n) is 11.4. The van der Waals surface area contributed by atoms with Crippen molar-refractivity contribution in [3.63, 3.8) is 0 Å². The molecule has 1 heterocycles. The Hall–Kier alpha value is -3.69. The van der Waals surface area contributed by atoms with Crippen LogP contribution >= 0.6 is 23.2 Å². The highest BCUT2D eigenvalue weighted by Crippen LogP contribution is 2.35. The van der Waals surface area contributed by atoms with Crippen LogP contribution in [0.5, 0.6) is 0 Å². The van der Waals surface area contributed by atoms with Crippen LogP contribution in [0.25, 0.3) is 33.5 Å². The predicted molar refractivity (Wildman–Crippen MR) is 174 cm³/mol. The Morgan fingerprint density at radius 3 is 2.23 bits per heavy atom. The van der Waals surface area contributed by atoms with Crippen molar-refractivity contribution in [1.82, 2.24) is 14.9 Å². The van der Waals surface area contributed by atoms with Gasteiger partial charge in [0.15, 0.2) is 0 Å². The molecule has 0 saturated heterocycles. The molecule has 7 nitrogen and oxygen atoms in total. The van der Waals surface area contributed by atoms with Gasteiger partial charge in [-0.2, -0.15) is 8.42 Å². The zero-order valence-corrected chi connectivity index (χ0v) is 26.3. The van der Waals surface area contributed by atoms with Crippen molar-refractivity contribution in [3.8, 4) is 22.5 Å². The number of carbonyl (C=O) groups excluding carboxylic acids is 1. The van der Waals surface area contributed by atoms with E-state index in [1.807, 2.05) is 48.5 Å². The number of halogens is 2. The maximum Gasteiger partial charge on any atom is 0.266 e. The summed E-state index contributed by atoms with van der Waals surface area (Å²) in [5.41, 5.74) is 7.12. The smallest absolute Gasteiger partial charge is 0.266 e. The number of para-hydroxylation sites is 1. The number of benzene rings is 4. The summed E-state index contributed by atoms with van der Waals surface area (Å²) < 4.78 is 32.9. The van der Waals surface area contributed by atoms with Crippen LogP contribution in [-0.2, 0) is 22.1 Å². The Morgan fingerprint density at radius 2 is 1.60 bits per heavy atom. The minimum Gasteiger partial charge on any atom is -0.351 e. The summed E-state index contributed by atoms with van der Waals surface area (Å²) in [5.74, 6) is -0.149. The third-order valence-corrected chi connectivity index (χ3v) is 8.44. The number of nitrogens with one attached hydrogen (secondary N) is 1. The molecule has 222 valence electrons. The van der Waals surface area contributed by atoms with E-state index in [2.05, 4.69) is 48.9 Å². The molecule has 10 heteroatoms. The van der Waals surface area contributed by atoms with Gasteiger partial charge in [-0.05, 0) is 52.4 Å². The molecule has 0 atom stereocenters. The topological polar surface area (TPSA) is 101 Å². The first-order valence-corrected chi connectivity index (χ1v) is 16.0. The molecule has 2 N–H and O–H groups in total. The lowest BCUT2D eigenvalue weighted by Crippen LogP contribution is -2.28. The van der Waals surface area contributed by atoms with Crippen LogP contribution < -0.4 is 5.32 Å². The number of carbonyl (C=O) groups is 1.